The lowest BCUT2D eigenvalue weighted by atomic mass is 10.1. The molecule has 0 radical (unpaired) electrons. The van der Waals surface area contributed by atoms with Gasteiger partial charge in [0.05, 0.1) is 20.4 Å². The Bertz CT molecular complexity index is 1130. The van der Waals surface area contributed by atoms with Crippen molar-refractivity contribution in [2.75, 3.05) is 14.2 Å². The average molecular weight is 430 g/mol. The predicted molar refractivity (Wildman–Crippen MR) is 121 cm³/mol. The van der Waals surface area contributed by atoms with E-state index < -0.39 is 11.8 Å². The fraction of sp³-hybridized carbons (Fsp3) is 0.0833. The highest BCUT2D eigenvalue weighted by atomic mass is 16.5. The molecule has 0 aliphatic rings. The summed E-state index contributed by atoms with van der Waals surface area (Å²) in [7, 11) is 3.05. The van der Waals surface area contributed by atoms with Gasteiger partial charge in [-0.05, 0) is 53.6 Å². The maximum absolute atomic E-state index is 12.8. The molecule has 0 bridgehead atoms. The van der Waals surface area contributed by atoms with Crippen molar-refractivity contribution >= 4 is 24.1 Å². The molecule has 0 atom stereocenters. The number of amides is 2. The van der Waals surface area contributed by atoms with E-state index in [-0.39, 0.29) is 5.70 Å². The first-order chi connectivity index (χ1) is 15.6. The minimum atomic E-state index is -0.589. The SMILES string of the molecule is COc1ccc(C=C(NC(=O)c2ccccc2)C(=O)NN=Cc2ccncc2)cc1OC. The molecule has 0 saturated heterocycles. The maximum atomic E-state index is 12.8. The first-order valence-electron chi connectivity index (χ1n) is 9.64. The van der Waals surface area contributed by atoms with Crippen LogP contribution in [-0.4, -0.2) is 37.2 Å². The summed E-state index contributed by atoms with van der Waals surface area (Å²) < 4.78 is 10.6. The van der Waals surface area contributed by atoms with Crippen molar-refractivity contribution in [1.82, 2.24) is 15.7 Å². The lowest BCUT2D eigenvalue weighted by molar-refractivity contribution is -0.117. The first kappa shape index (κ1) is 22.2. The highest BCUT2D eigenvalue weighted by Gasteiger charge is 2.15. The summed E-state index contributed by atoms with van der Waals surface area (Å²) in [5, 5.41) is 6.61. The molecule has 32 heavy (non-hydrogen) atoms. The van der Waals surface area contributed by atoms with Crippen LogP contribution in [0.2, 0.25) is 0 Å². The van der Waals surface area contributed by atoms with Crippen LogP contribution in [0.3, 0.4) is 0 Å². The fourth-order valence-corrected chi connectivity index (χ4v) is 2.73. The fourth-order valence-electron chi connectivity index (χ4n) is 2.73. The van der Waals surface area contributed by atoms with E-state index in [0.717, 1.165) is 5.56 Å². The lowest BCUT2D eigenvalue weighted by Gasteiger charge is -2.11. The summed E-state index contributed by atoms with van der Waals surface area (Å²) in [6.07, 6.45) is 6.24. The van der Waals surface area contributed by atoms with Crippen molar-refractivity contribution in [3.8, 4) is 11.5 Å². The number of nitrogens with one attached hydrogen (secondary N) is 2. The van der Waals surface area contributed by atoms with E-state index in [1.165, 1.54) is 26.5 Å². The molecule has 1 heterocycles. The highest BCUT2D eigenvalue weighted by Crippen LogP contribution is 2.28. The van der Waals surface area contributed by atoms with Gasteiger partial charge in [-0.1, -0.05) is 24.3 Å². The van der Waals surface area contributed by atoms with Gasteiger partial charge in [-0.15, -0.1) is 0 Å². The number of hydrazone groups is 1. The minimum absolute atomic E-state index is 0.0120. The highest BCUT2D eigenvalue weighted by molar-refractivity contribution is 6.05. The predicted octanol–water partition coefficient (Wildman–Crippen LogP) is 3.02. The smallest absolute Gasteiger partial charge is 0.287 e. The van der Waals surface area contributed by atoms with Crippen molar-refractivity contribution in [1.29, 1.82) is 0 Å². The third-order valence-corrected chi connectivity index (χ3v) is 4.33. The molecule has 2 amide bonds. The van der Waals surface area contributed by atoms with Crippen LogP contribution < -0.4 is 20.2 Å². The average Bonchev–Trinajstić information content (AvgIpc) is 2.84. The van der Waals surface area contributed by atoms with Crippen molar-refractivity contribution in [3.63, 3.8) is 0 Å². The largest absolute Gasteiger partial charge is 0.493 e. The summed E-state index contributed by atoms with van der Waals surface area (Å²) in [5.74, 6) is 0.0250. The number of hydrogen-bond donors (Lipinski definition) is 2. The molecule has 0 saturated carbocycles. The number of ether oxygens (including phenoxy) is 2. The Morgan fingerprint density at radius 1 is 0.906 bits per heavy atom. The van der Waals surface area contributed by atoms with E-state index in [2.05, 4.69) is 20.8 Å². The van der Waals surface area contributed by atoms with Gasteiger partial charge in [0.1, 0.15) is 5.70 Å². The van der Waals surface area contributed by atoms with Crippen LogP contribution in [0.1, 0.15) is 21.5 Å². The van der Waals surface area contributed by atoms with Gasteiger partial charge in [-0.3, -0.25) is 14.6 Å². The van der Waals surface area contributed by atoms with E-state index >= 15 is 0 Å². The van der Waals surface area contributed by atoms with Gasteiger partial charge in [0.15, 0.2) is 11.5 Å². The van der Waals surface area contributed by atoms with Crippen molar-refractivity contribution in [3.05, 3.63) is 95.4 Å². The van der Waals surface area contributed by atoms with Gasteiger partial charge >= 0.3 is 0 Å². The lowest BCUT2D eigenvalue weighted by Crippen LogP contribution is -2.32. The van der Waals surface area contributed by atoms with Gasteiger partial charge in [0.2, 0.25) is 0 Å². The molecular weight excluding hydrogens is 408 g/mol. The molecule has 3 rings (SSSR count). The standard InChI is InChI=1S/C24H22N4O4/c1-31-21-9-8-18(15-22(21)32-2)14-20(27-23(29)19-6-4-3-5-7-19)24(30)28-26-16-17-10-12-25-13-11-17/h3-16H,1-2H3,(H,27,29)(H,28,30). The number of hydrogen-bond acceptors (Lipinski definition) is 6. The van der Waals surface area contributed by atoms with Crippen LogP contribution in [0, 0.1) is 0 Å². The van der Waals surface area contributed by atoms with E-state index in [0.29, 0.717) is 22.6 Å². The van der Waals surface area contributed by atoms with Crippen LogP contribution in [0.15, 0.2) is 83.9 Å². The van der Waals surface area contributed by atoms with Crippen LogP contribution in [-0.2, 0) is 4.79 Å². The molecule has 0 spiro atoms. The van der Waals surface area contributed by atoms with Crippen LogP contribution >= 0.6 is 0 Å². The second kappa shape index (κ2) is 11.1. The number of pyridine rings is 1. The summed E-state index contributed by atoms with van der Waals surface area (Å²) in [5.41, 5.74) is 4.25. The molecule has 162 valence electrons. The topological polar surface area (TPSA) is 102 Å². The van der Waals surface area contributed by atoms with Gasteiger partial charge in [0.25, 0.3) is 11.8 Å². The Morgan fingerprint density at radius 3 is 2.31 bits per heavy atom. The Labute approximate surface area is 185 Å². The molecule has 0 unspecified atom stereocenters. The molecule has 3 aromatic rings. The maximum Gasteiger partial charge on any atom is 0.287 e. The Morgan fingerprint density at radius 2 is 1.62 bits per heavy atom. The number of nitrogens with zero attached hydrogens (tertiary/aromatic N) is 2. The molecule has 0 fully saturated rings. The Hall–Kier alpha value is -4.46. The molecule has 0 aliphatic heterocycles. The monoisotopic (exact) mass is 430 g/mol. The zero-order valence-electron chi connectivity index (χ0n) is 17.6. The molecular formula is C24H22N4O4. The second-order valence-corrected chi connectivity index (χ2v) is 6.47. The quantitative estimate of drug-likeness (QED) is 0.325. The normalized spacial score (nSPS) is 11.1. The van der Waals surface area contributed by atoms with Gasteiger partial charge in [-0.2, -0.15) is 5.10 Å². The molecule has 1 aromatic heterocycles. The zero-order valence-corrected chi connectivity index (χ0v) is 17.6. The van der Waals surface area contributed by atoms with Crippen molar-refractivity contribution in [2.45, 2.75) is 0 Å². The number of carbonyl (C=O) groups excluding carboxylic acids is 2. The van der Waals surface area contributed by atoms with Gasteiger partial charge in [0, 0.05) is 18.0 Å². The van der Waals surface area contributed by atoms with Crippen LogP contribution in [0.5, 0.6) is 11.5 Å². The summed E-state index contributed by atoms with van der Waals surface area (Å²) >= 11 is 0. The number of carbonyl (C=O) groups is 2. The summed E-state index contributed by atoms with van der Waals surface area (Å²) in [6.45, 7) is 0. The number of aromatic nitrogens is 1. The van der Waals surface area contributed by atoms with Gasteiger partial charge in [-0.25, -0.2) is 5.43 Å². The van der Waals surface area contributed by atoms with Crippen LogP contribution in [0.4, 0.5) is 0 Å². The third-order valence-electron chi connectivity index (χ3n) is 4.33. The van der Waals surface area contributed by atoms with E-state index in [1.54, 1.807) is 73.1 Å². The van der Waals surface area contributed by atoms with Crippen molar-refractivity contribution in [2.24, 2.45) is 5.10 Å². The second-order valence-electron chi connectivity index (χ2n) is 6.47. The molecule has 0 aliphatic carbocycles. The van der Waals surface area contributed by atoms with E-state index in [9.17, 15) is 9.59 Å². The van der Waals surface area contributed by atoms with Crippen molar-refractivity contribution < 1.29 is 19.1 Å². The summed E-state index contributed by atoms with van der Waals surface area (Å²) in [6, 6.07) is 17.2. The molecule has 2 N–H and O–H groups in total. The third kappa shape index (κ3) is 6.02. The number of rotatable bonds is 8. The number of benzene rings is 2. The number of methoxy groups -OCH3 is 2. The Balaban J connectivity index is 1.86. The first-order valence-corrected chi connectivity index (χ1v) is 9.64. The van der Waals surface area contributed by atoms with Crippen LogP contribution in [0.25, 0.3) is 6.08 Å². The minimum Gasteiger partial charge on any atom is -0.493 e. The van der Waals surface area contributed by atoms with E-state index in [1.807, 2.05) is 0 Å². The Kier molecular flexibility index (Phi) is 7.69. The molecule has 8 heteroatoms. The van der Waals surface area contributed by atoms with E-state index in [4.69, 9.17) is 9.47 Å². The van der Waals surface area contributed by atoms with Gasteiger partial charge < -0.3 is 14.8 Å². The summed E-state index contributed by atoms with van der Waals surface area (Å²) in [4.78, 5) is 29.4. The molecule has 2 aromatic carbocycles. The zero-order chi connectivity index (χ0) is 22.8. The molecule has 8 nitrogen and oxygen atoms in total.